The van der Waals surface area contributed by atoms with E-state index in [1.807, 2.05) is 37.4 Å². The van der Waals surface area contributed by atoms with Gasteiger partial charge in [0, 0.05) is 23.5 Å². The van der Waals surface area contributed by atoms with Crippen LogP contribution in [-0.4, -0.2) is 27.5 Å². The Bertz CT molecular complexity index is 1200. The summed E-state index contributed by atoms with van der Waals surface area (Å²) in [6.45, 7) is 2.87. The minimum Gasteiger partial charge on any atom is -0.424 e. The van der Waals surface area contributed by atoms with Gasteiger partial charge >= 0.3 is 12.0 Å². The Labute approximate surface area is 193 Å². The minimum atomic E-state index is -0.430. The number of benzene rings is 2. The first-order chi connectivity index (χ1) is 15.6. The summed E-state index contributed by atoms with van der Waals surface area (Å²) in [7, 11) is 0. The number of amides is 2. The van der Waals surface area contributed by atoms with E-state index >= 15 is 0 Å². The van der Waals surface area contributed by atoms with E-state index in [4.69, 9.17) is 16.3 Å². The number of carbonyl (C=O) groups is 1. The van der Waals surface area contributed by atoms with Crippen molar-refractivity contribution in [2.75, 3.05) is 22.5 Å². The van der Waals surface area contributed by atoms with Crippen molar-refractivity contribution in [1.82, 2.24) is 15.0 Å². The summed E-state index contributed by atoms with van der Waals surface area (Å²) in [5.74, 6) is 0.601. The van der Waals surface area contributed by atoms with E-state index in [2.05, 4.69) is 30.9 Å². The zero-order valence-electron chi connectivity index (χ0n) is 17.0. The van der Waals surface area contributed by atoms with Crippen LogP contribution in [0.3, 0.4) is 0 Å². The average molecular weight is 467 g/mol. The summed E-state index contributed by atoms with van der Waals surface area (Å²) in [5.41, 5.74) is 2.05. The Balaban J connectivity index is 1.33. The molecule has 2 amide bonds. The molecule has 0 aliphatic heterocycles. The van der Waals surface area contributed by atoms with Gasteiger partial charge in [-0.25, -0.2) is 19.7 Å². The summed E-state index contributed by atoms with van der Waals surface area (Å²) < 4.78 is 5.69. The minimum absolute atomic E-state index is 0.172. The van der Waals surface area contributed by atoms with Gasteiger partial charge in [0.15, 0.2) is 5.13 Å². The van der Waals surface area contributed by atoms with E-state index in [0.29, 0.717) is 22.1 Å². The molecule has 0 unspecified atom stereocenters. The average Bonchev–Trinajstić information content (AvgIpc) is 3.24. The van der Waals surface area contributed by atoms with E-state index in [1.54, 1.807) is 35.6 Å². The maximum absolute atomic E-state index is 12.1. The zero-order chi connectivity index (χ0) is 22.3. The first-order valence-electron chi connectivity index (χ1n) is 9.72. The van der Waals surface area contributed by atoms with Crippen LogP contribution < -0.4 is 20.7 Å². The third kappa shape index (κ3) is 5.71. The molecule has 0 radical (unpaired) electrons. The molecule has 3 N–H and O–H groups in total. The fourth-order valence-corrected chi connectivity index (χ4v) is 3.81. The van der Waals surface area contributed by atoms with E-state index < -0.39 is 6.03 Å². The molecule has 2 heterocycles. The van der Waals surface area contributed by atoms with Crippen LogP contribution in [-0.2, 0) is 0 Å². The SMILES string of the molecule is CCNc1ncc(-c2ccc(Oc3ncc(NC(=O)Nc4cccc(Cl)c4)cn3)cc2)s1. The number of aromatic nitrogens is 3. The molecular formula is C22H19ClN6O2S. The fraction of sp³-hybridized carbons (Fsp3) is 0.0909. The summed E-state index contributed by atoms with van der Waals surface area (Å²) in [6, 6.07) is 14.2. The number of hydrogen-bond donors (Lipinski definition) is 3. The monoisotopic (exact) mass is 466 g/mol. The van der Waals surface area contributed by atoms with Gasteiger partial charge in [-0.2, -0.15) is 0 Å². The molecule has 0 aliphatic rings. The molecule has 2 aromatic heterocycles. The van der Waals surface area contributed by atoms with Crippen molar-refractivity contribution in [3.8, 4) is 22.2 Å². The highest BCUT2D eigenvalue weighted by Crippen LogP contribution is 2.30. The standard InChI is InChI=1S/C22H19ClN6O2S/c1-2-24-22-27-13-19(32-22)14-6-8-18(9-7-14)31-21-25-11-17(12-26-21)29-20(30)28-16-5-3-4-15(23)10-16/h3-13H,2H2,1H3,(H,24,27)(H2,28,29,30). The van der Waals surface area contributed by atoms with Gasteiger partial charge in [0.05, 0.1) is 23.0 Å². The molecule has 0 saturated heterocycles. The molecule has 0 fully saturated rings. The van der Waals surface area contributed by atoms with E-state index in [-0.39, 0.29) is 6.01 Å². The van der Waals surface area contributed by atoms with E-state index in [1.165, 1.54) is 12.4 Å². The Kier molecular flexibility index (Phi) is 6.78. The van der Waals surface area contributed by atoms with Crippen LogP contribution in [0.25, 0.3) is 10.4 Å². The third-order valence-electron chi connectivity index (χ3n) is 4.15. The van der Waals surface area contributed by atoms with Crippen molar-refractivity contribution in [2.24, 2.45) is 0 Å². The lowest BCUT2D eigenvalue weighted by atomic mass is 10.2. The van der Waals surface area contributed by atoms with Gasteiger partial charge in [0.25, 0.3) is 0 Å². The summed E-state index contributed by atoms with van der Waals surface area (Å²) in [5, 5.41) is 9.97. The number of nitrogens with zero attached hydrogens (tertiary/aromatic N) is 3. The highest BCUT2D eigenvalue weighted by atomic mass is 35.5. The van der Waals surface area contributed by atoms with Crippen LogP contribution in [0.1, 0.15) is 6.92 Å². The Morgan fingerprint density at radius 2 is 1.75 bits per heavy atom. The summed E-state index contributed by atoms with van der Waals surface area (Å²) in [6.07, 6.45) is 4.78. The topological polar surface area (TPSA) is 101 Å². The number of carbonyl (C=O) groups excluding carboxylic acids is 1. The van der Waals surface area contributed by atoms with Crippen molar-refractivity contribution in [3.05, 3.63) is 72.1 Å². The number of urea groups is 1. The number of nitrogens with one attached hydrogen (secondary N) is 3. The zero-order valence-corrected chi connectivity index (χ0v) is 18.6. The van der Waals surface area contributed by atoms with Gasteiger partial charge in [-0.3, -0.25) is 0 Å². The summed E-state index contributed by atoms with van der Waals surface area (Å²) >= 11 is 7.51. The quantitative estimate of drug-likeness (QED) is 0.303. The van der Waals surface area contributed by atoms with Crippen molar-refractivity contribution in [2.45, 2.75) is 6.92 Å². The smallest absolute Gasteiger partial charge is 0.323 e. The van der Waals surface area contributed by atoms with Crippen molar-refractivity contribution >= 4 is 45.5 Å². The van der Waals surface area contributed by atoms with Crippen LogP contribution >= 0.6 is 22.9 Å². The van der Waals surface area contributed by atoms with E-state index in [9.17, 15) is 4.79 Å². The third-order valence-corrected chi connectivity index (χ3v) is 5.39. The van der Waals surface area contributed by atoms with Gasteiger partial charge in [0.1, 0.15) is 5.75 Å². The van der Waals surface area contributed by atoms with E-state index in [0.717, 1.165) is 22.1 Å². The molecule has 8 nitrogen and oxygen atoms in total. The second-order valence-electron chi connectivity index (χ2n) is 6.53. The van der Waals surface area contributed by atoms with Gasteiger partial charge in [-0.05, 0) is 55.0 Å². The van der Waals surface area contributed by atoms with Crippen LogP contribution in [0.5, 0.6) is 11.8 Å². The van der Waals surface area contributed by atoms with Crippen LogP contribution in [0.15, 0.2) is 67.1 Å². The number of ether oxygens (including phenoxy) is 1. The largest absolute Gasteiger partial charge is 0.424 e. The van der Waals surface area contributed by atoms with Crippen molar-refractivity contribution in [3.63, 3.8) is 0 Å². The maximum Gasteiger partial charge on any atom is 0.323 e. The Morgan fingerprint density at radius 1 is 1.00 bits per heavy atom. The number of hydrogen-bond acceptors (Lipinski definition) is 7. The summed E-state index contributed by atoms with van der Waals surface area (Å²) in [4.78, 5) is 25.8. The molecule has 2 aromatic carbocycles. The second-order valence-corrected chi connectivity index (χ2v) is 8.00. The second kappa shape index (κ2) is 10.1. The first kappa shape index (κ1) is 21.5. The molecule has 0 aliphatic carbocycles. The molecule has 4 aromatic rings. The highest BCUT2D eigenvalue weighted by Gasteiger charge is 2.07. The van der Waals surface area contributed by atoms with Crippen molar-refractivity contribution < 1.29 is 9.53 Å². The molecular weight excluding hydrogens is 448 g/mol. The number of halogens is 1. The van der Waals surface area contributed by atoms with Crippen LogP contribution in [0.4, 0.5) is 21.3 Å². The predicted octanol–water partition coefficient (Wildman–Crippen LogP) is 6.12. The van der Waals surface area contributed by atoms with Gasteiger partial charge in [0.2, 0.25) is 0 Å². The molecule has 32 heavy (non-hydrogen) atoms. The van der Waals surface area contributed by atoms with Gasteiger partial charge in [-0.1, -0.05) is 29.0 Å². The lowest BCUT2D eigenvalue weighted by Crippen LogP contribution is -2.19. The molecule has 10 heteroatoms. The van der Waals surface area contributed by atoms with Crippen LogP contribution in [0, 0.1) is 0 Å². The number of rotatable bonds is 7. The normalized spacial score (nSPS) is 10.4. The number of thiazole rings is 1. The van der Waals surface area contributed by atoms with Gasteiger partial charge in [-0.15, -0.1) is 0 Å². The van der Waals surface area contributed by atoms with Crippen molar-refractivity contribution in [1.29, 1.82) is 0 Å². The predicted molar refractivity (Wildman–Crippen MR) is 128 cm³/mol. The Morgan fingerprint density at radius 3 is 2.47 bits per heavy atom. The lowest BCUT2D eigenvalue weighted by Gasteiger charge is -2.08. The number of anilines is 3. The van der Waals surface area contributed by atoms with Crippen LogP contribution in [0.2, 0.25) is 5.02 Å². The molecule has 0 spiro atoms. The fourth-order valence-electron chi connectivity index (χ4n) is 2.73. The molecule has 0 saturated carbocycles. The molecule has 0 atom stereocenters. The van der Waals surface area contributed by atoms with Gasteiger partial charge < -0.3 is 20.7 Å². The molecule has 162 valence electrons. The maximum atomic E-state index is 12.1. The molecule has 0 bridgehead atoms. The Hall–Kier alpha value is -3.69. The molecule has 4 rings (SSSR count). The highest BCUT2D eigenvalue weighted by molar-refractivity contribution is 7.18. The first-order valence-corrected chi connectivity index (χ1v) is 10.9. The lowest BCUT2D eigenvalue weighted by molar-refractivity contribution is 0.262.